The molecule has 2 aliphatic rings. The van der Waals surface area contributed by atoms with Gasteiger partial charge < -0.3 is 19.7 Å². The van der Waals surface area contributed by atoms with Gasteiger partial charge in [-0.1, -0.05) is 0 Å². The van der Waals surface area contributed by atoms with Gasteiger partial charge in [0.1, 0.15) is 17.0 Å². The molecule has 0 aromatic rings. The Morgan fingerprint density at radius 2 is 2.00 bits per heavy atom. The van der Waals surface area contributed by atoms with Gasteiger partial charge in [-0.2, -0.15) is 0 Å². The fraction of sp³-hybridized carbons (Fsp3) is 0.643. The summed E-state index contributed by atoms with van der Waals surface area (Å²) in [7, 11) is 1.28. The van der Waals surface area contributed by atoms with Crippen molar-refractivity contribution in [1.82, 2.24) is 10.2 Å². The first-order chi connectivity index (χ1) is 10.2. The maximum Gasteiger partial charge on any atom is 0.408 e. The zero-order chi connectivity index (χ0) is 16.7. The van der Waals surface area contributed by atoms with Gasteiger partial charge in [-0.3, -0.25) is 4.79 Å². The fourth-order valence-electron chi connectivity index (χ4n) is 2.34. The van der Waals surface area contributed by atoms with Crippen molar-refractivity contribution in [2.45, 2.75) is 50.8 Å². The van der Waals surface area contributed by atoms with Crippen LogP contribution in [0.3, 0.4) is 0 Å². The molecule has 0 radical (unpaired) electrons. The van der Waals surface area contributed by atoms with Crippen LogP contribution in [-0.2, 0) is 19.1 Å². The Labute approximate surface area is 133 Å². The molecule has 0 bridgehead atoms. The third kappa shape index (κ3) is 3.06. The lowest BCUT2D eigenvalue weighted by Crippen LogP contribution is -2.73. The van der Waals surface area contributed by atoms with E-state index in [1.54, 1.807) is 27.7 Å². The molecule has 2 aliphatic heterocycles. The molecule has 2 amide bonds. The van der Waals surface area contributed by atoms with E-state index in [2.05, 4.69) is 5.32 Å². The van der Waals surface area contributed by atoms with Crippen LogP contribution in [0.15, 0.2) is 11.0 Å². The van der Waals surface area contributed by atoms with Crippen molar-refractivity contribution in [3.63, 3.8) is 0 Å². The predicted octanol–water partition coefficient (Wildman–Crippen LogP) is 1.24. The summed E-state index contributed by atoms with van der Waals surface area (Å²) in [6, 6.07) is -1.42. The molecule has 0 aromatic heterocycles. The van der Waals surface area contributed by atoms with E-state index in [0.717, 1.165) is 5.57 Å². The molecule has 2 unspecified atom stereocenters. The fourth-order valence-corrected chi connectivity index (χ4v) is 3.53. The molecule has 0 aromatic carbocycles. The van der Waals surface area contributed by atoms with Crippen LogP contribution in [0.2, 0.25) is 0 Å². The Morgan fingerprint density at radius 1 is 1.36 bits per heavy atom. The van der Waals surface area contributed by atoms with Crippen LogP contribution in [0.1, 0.15) is 27.7 Å². The molecule has 3 atom stereocenters. The molecule has 1 fully saturated rings. The van der Waals surface area contributed by atoms with Crippen molar-refractivity contribution in [3.8, 4) is 0 Å². The van der Waals surface area contributed by atoms with Gasteiger partial charge in [0.2, 0.25) is 5.91 Å². The van der Waals surface area contributed by atoms with E-state index in [9.17, 15) is 14.4 Å². The van der Waals surface area contributed by atoms with E-state index in [-0.39, 0.29) is 11.3 Å². The molecular weight excluding hydrogens is 308 g/mol. The van der Waals surface area contributed by atoms with Crippen molar-refractivity contribution in [2.24, 2.45) is 0 Å². The van der Waals surface area contributed by atoms with Gasteiger partial charge in [0.25, 0.3) is 0 Å². The third-order valence-electron chi connectivity index (χ3n) is 3.28. The molecule has 7 nitrogen and oxygen atoms in total. The quantitative estimate of drug-likeness (QED) is 0.606. The minimum atomic E-state index is -0.722. The highest BCUT2D eigenvalue weighted by Crippen LogP contribution is 2.40. The van der Waals surface area contributed by atoms with Crippen LogP contribution < -0.4 is 5.32 Å². The monoisotopic (exact) mass is 328 g/mol. The van der Waals surface area contributed by atoms with Crippen LogP contribution >= 0.6 is 11.8 Å². The predicted molar refractivity (Wildman–Crippen MR) is 80.9 cm³/mol. The van der Waals surface area contributed by atoms with Crippen LogP contribution in [0, 0.1) is 0 Å². The smallest absolute Gasteiger partial charge is 0.408 e. The highest BCUT2D eigenvalue weighted by atomic mass is 32.2. The number of fused-ring (bicyclic) bond motifs is 1. The summed E-state index contributed by atoms with van der Waals surface area (Å²) in [5.41, 5.74) is 0.110. The van der Waals surface area contributed by atoms with Crippen LogP contribution in [0.5, 0.6) is 0 Å². The number of amides is 2. The van der Waals surface area contributed by atoms with Crippen LogP contribution in [0.4, 0.5) is 4.79 Å². The van der Waals surface area contributed by atoms with Crippen molar-refractivity contribution in [2.75, 3.05) is 7.11 Å². The summed E-state index contributed by atoms with van der Waals surface area (Å²) in [6.07, 6.45) is -0.646. The Kier molecular flexibility index (Phi) is 4.42. The van der Waals surface area contributed by atoms with Gasteiger partial charge in [-0.15, -0.1) is 11.8 Å². The lowest BCUT2D eigenvalue weighted by atomic mass is 9.99. The van der Waals surface area contributed by atoms with E-state index < -0.39 is 29.7 Å². The average molecular weight is 328 g/mol. The normalized spacial score (nSPS) is 27.3. The molecule has 0 spiro atoms. The van der Waals surface area contributed by atoms with Crippen molar-refractivity contribution >= 4 is 29.7 Å². The standard InChI is InChI=1S/C14H20N2O5S/c1-7-6-22-11-8(15-13(19)21-14(2,3)4)10(17)16(11)9(7)12(18)20-5/h6,8-9,11H,1-5H3,(H,15,19)/t8?,9?,11-/m0/s1. The number of β-lactam (4-membered cyclic amide) rings is 1. The SMILES string of the molecule is COC(=O)C1C(C)=CS[C@H]2C(NC(=O)OC(C)(C)C)C(=O)N12. The van der Waals surface area contributed by atoms with E-state index >= 15 is 0 Å². The number of carbonyl (C=O) groups excluding carboxylic acids is 3. The second-order valence-corrected chi connectivity index (χ2v) is 7.17. The number of alkyl carbamates (subject to hydrolysis) is 1. The van der Waals surface area contributed by atoms with E-state index in [1.165, 1.54) is 23.8 Å². The minimum Gasteiger partial charge on any atom is -0.467 e. The maximum absolute atomic E-state index is 12.3. The number of ether oxygens (including phenoxy) is 2. The molecule has 0 aliphatic carbocycles. The molecule has 122 valence electrons. The van der Waals surface area contributed by atoms with Crippen LogP contribution in [0.25, 0.3) is 0 Å². The van der Waals surface area contributed by atoms with Gasteiger partial charge in [0.05, 0.1) is 7.11 Å². The van der Waals surface area contributed by atoms with Crippen molar-refractivity contribution in [1.29, 1.82) is 0 Å². The summed E-state index contributed by atoms with van der Waals surface area (Å²) in [5, 5.41) is 4.05. The van der Waals surface area contributed by atoms with Gasteiger partial charge >= 0.3 is 12.1 Å². The molecule has 0 saturated carbocycles. The summed E-state index contributed by atoms with van der Waals surface area (Å²) < 4.78 is 9.90. The van der Waals surface area contributed by atoms with Gasteiger partial charge in [-0.05, 0) is 38.7 Å². The highest BCUT2D eigenvalue weighted by molar-refractivity contribution is 8.02. The van der Waals surface area contributed by atoms with Crippen molar-refractivity contribution in [3.05, 3.63) is 11.0 Å². The average Bonchev–Trinajstić information content (AvgIpc) is 2.41. The Bertz CT molecular complexity index is 540. The van der Waals surface area contributed by atoms with Gasteiger partial charge in [0, 0.05) is 0 Å². The van der Waals surface area contributed by atoms with Gasteiger partial charge in [-0.25, -0.2) is 9.59 Å². The zero-order valence-corrected chi connectivity index (χ0v) is 14.0. The third-order valence-corrected chi connectivity index (χ3v) is 4.57. The first kappa shape index (κ1) is 16.7. The highest BCUT2D eigenvalue weighted by Gasteiger charge is 2.55. The Balaban J connectivity index is 2.07. The molecular formula is C14H20N2O5S. The molecule has 8 heteroatoms. The second-order valence-electron chi connectivity index (χ2n) is 6.18. The summed E-state index contributed by atoms with van der Waals surface area (Å²) in [6.45, 7) is 7.01. The number of hydrogen-bond acceptors (Lipinski definition) is 6. The van der Waals surface area contributed by atoms with E-state index in [4.69, 9.17) is 9.47 Å². The minimum absolute atomic E-state index is 0.314. The second kappa shape index (κ2) is 5.83. The first-order valence-electron chi connectivity index (χ1n) is 6.87. The number of esters is 1. The number of methoxy groups -OCH3 is 1. The topological polar surface area (TPSA) is 84.9 Å². The molecule has 1 saturated heterocycles. The van der Waals surface area contributed by atoms with Gasteiger partial charge in [0.15, 0.2) is 6.04 Å². The molecule has 2 heterocycles. The number of carbonyl (C=O) groups is 3. The molecule has 1 N–H and O–H groups in total. The summed E-state index contributed by atoms with van der Waals surface area (Å²) in [5.74, 6) is -0.797. The molecule has 2 rings (SSSR count). The summed E-state index contributed by atoms with van der Waals surface area (Å²) in [4.78, 5) is 37.4. The zero-order valence-electron chi connectivity index (χ0n) is 13.2. The number of nitrogens with one attached hydrogen (secondary N) is 1. The molecule has 22 heavy (non-hydrogen) atoms. The van der Waals surface area contributed by atoms with Crippen molar-refractivity contribution < 1.29 is 23.9 Å². The number of thioether (sulfide) groups is 1. The van der Waals surface area contributed by atoms with E-state index in [1.807, 2.05) is 5.41 Å². The Hall–Kier alpha value is -1.70. The number of hydrogen-bond donors (Lipinski definition) is 1. The maximum atomic E-state index is 12.3. The number of rotatable bonds is 2. The lowest BCUT2D eigenvalue weighted by Gasteiger charge is -2.51. The Morgan fingerprint density at radius 3 is 2.55 bits per heavy atom. The largest absolute Gasteiger partial charge is 0.467 e. The first-order valence-corrected chi connectivity index (χ1v) is 7.81. The lowest BCUT2D eigenvalue weighted by molar-refractivity contribution is -0.160. The number of nitrogens with zero attached hydrogens (tertiary/aromatic N) is 1. The van der Waals surface area contributed by atoms with E-state index in [0.29, 0.717) is 0 Å². The van der Waals surface area contributed by atoms with Crippen LogP contribution in [-0.4, -0.2) is 53.0 Å². The summed E-state index contributed by atoms with van der Waals surface area (Å²) >= 11 is 1.39.